The van der Waals surface area contributed by atoms with Gasteiger partial charge in [-0.25, -0.2) is 9.59 Å². The molecule has 1 atom stereocenters. The van der Waals surface area contributed by atoms with Crippen LogP contribution in [-0.2, 0) is 22.4 Å². The summed E-state index contributed by atoms with van der Waals surface area (Å²) in [5.74, 6) is 0.224. The Morgan fingerprint density at radius 3 is 2.41 bits per heavy atom. The zero-order valence-corrected chi connectivity index (χ0v) is 27.4. The van der Waals surface area contributed by atoms with Crippen molar-refractivity contribution in [2.75, 3.05) is 44.6 Å². The van der Waals surface area contributed by atoms with Crippen molar-refractivity contribution < 1.29 is 19.1 Å². The fourth-order valence-electron chi connectivity index (χ4n) is 7.03. The Morgan fingerprint density at radius 2 is 1.72 bits per heavy atom. The number of carbonyl (C=O) groups is 3. The number of anilines is 1. The van der Waals surface area contributed by atoms with Gasteiger partial charge in [0.05, 0.1) is 0 Å². The Hall–Kier alpha value is -4.11. The fraction of sp³-hybridized carbons (Fsp3) is 0.486. The van der Waals surface area contributed by atoms with E-state index in [1.165, 1.54) is 11.1 Å². The van der Waals surface area contributed by atoms with E-state index in [-0.39, 0.29) is 18.0 Å². The first kappa shape index (κ1) is 33.3. The van der Waals surface area contributed by atoms with Crippen molar-refractivity contribution in [1.82, 2.24) is 14.7 Å². The maximum absolute atomic E-state index is 13.9. The number of ether oxygens (including phenoxy) is 1. The highest BCUT2D eigenvalue weighted by molar-refractivity contribution is 5.91. The quantitative estimate of drug-likeness (QED) is 0.352. The van der Waals surface area contributed by atoms with E-state index in [0.29, 0.717) is 64.4 Å². The molecule has 2 fully saturated rings. The number of amides is 4. The average Bonchev–Trinajstić information content (AvgIpc) is 3.24. The van der Waals surface area contributed by atoms with Gasteiger partial charge >= 0.3 is 12.1 Å². The number of likely N-dealkylation sites (tertiary alicyclic amines) is 2. The van der Waals surface area contributed by atoms with Crippen molar-refractivity contribution in [3.05, 3.63) is 89.0 Å². The zero-order chi connectivity index (χ0) is 32.6. The third-order valence-electron chi connectivity index (χ3n) is 9.91. The molecule has 5 rings (SSSR count). The van der Waals surface area contributed by atoms with Gasteiger partial charge in [-0.2, -0.15) is 0 Å². The van der Waals surface area contributed by atoms with E-state index in [2.05, 4.69) is 44.0 Å². The fourth-order valence-corrected chi connectivity index (χ4v) is 7.03. The van der Waals surface area contributed by atoms with Gasteiger partial charge < -0.3 is 30.5 Å². The lowest BCUT2D eigenvalue weighted by molar-refractivity contribution is -0.142. The van der Waals surface area contributed by atoms with Crippen LogP contribution in [0.2, 0.25) is 0 Å². The second-order valence-corrected chi connectivity index (χ2v) is 12.9. The lowest BCUT2D eigenvalue weighted by Crippen LogP contribution is -2.51. The molecule has 3 heterocycles. The lowest BCUT2D eigenvalue weighted by atomic mass is 9.86. The van der Waals surface area contributed by atoms with Crippen LogP contribution in [0.4, 0.5) is 15.3 Å². The summed E-state index contributed by atoms with van der Waals surface area (Å²) in [6.45, 7) is 11.3. The average molecular weight is 628 g/mol. The number of nitrogens with one attached hydrogen (secondary N) is 1. The molecule has 3 aliphatic heterocycles. The summed E-state index contributed by atoms with van der Waals surface area (Å²) in [5.41, 5.74) is 12.4. The summed E-state index contributed by atoms with van der Waals surface area (Å²) >= 11 is 0. The van der Waals surface area contributed by atoms with Gasteiger partial charge in [-0.15, -0.1) is 0 Å². The van der Waals surface area contributed by atoms with Gasteiger partial charge in [0.2, 0.25) is 0 Å². The van der Waals surface area contributed by atoms with Gasteiger partial charge in [-0.3, -0.25) is 4.79 Å². The largest absolute Gasteiger partial charge is 0.436 e. The van der Waals surface area contributed by atoms with Crippen LogP contribution < -0.4 is 11.1 Å². The molecule has 9 heteroatoms. The number of benzene rings is 2. The third kappa shape index (κ3) is 7.99. The molecule has 0 radical (unpaired) electrons. The van der Waals surface area contributed by atoms with Crippen LogP contribution in [0.25, 0.3) is 0 Å². The SMILES string of the molecule is C=C/C=C(\CCN)C1CCN(C(=O)C(Cc2ccc(C)c(C)c2)OC(=O)N2CCC(N3CCc4ccccc4NC3=O)CC2)CC1. The highest BCUT2D eigenvalue weighted by Crippen LogP contribution is 2.29. The number of piperidine rings is 2. The Bertz CT molecular complexity index is 1440. The highest BCUT2D eigenvalue weighted by Gasteiger charge is 2.35. The Morgan fingerprint density at radius 1 is 1.00 bits per heavy atom. The maximum Gasteiger partial charge on any atom is 0.410 e. The van der Waals surface area contributed by atoms with Crippen molar-refractivity contribution in [1.29, 1.82) is 0 Å². The molecule has 4 amide bonds. The molecule has 0 aliphatic carbocycles. The van der Waals surface area contributed by atoms with Crippen LogP contribution in [0.5, 0.6) is 0 Å². The summed E-state index contributed by atoms with van der Waals surface area (Å²) in [5, 5.41) is 3.05. The Balaban J connectivity index is 1.22. The number of rotatable bonds is 9. The number of nitrogens with zero attached hydrogens (tertiary/aromatic N) is 3. The van der Waals surface area contributed by atoms with Crippen molar-refractivity contribution in [2.45, 2.75) is 70.9 Å². The van der Waals surface area contributed by atoms with E-state index in [1.54, 1.807) is 4.90 Å². The number of hydrogen-bond donors (Lipinski definition) is 2. The van der Waals surface area contributed by atoms with Crippen LogP contribution in [0.1, 0.15) is 54.4 Å². The molecule has 2 saturated heterocycles. The molecule has 3 aliphatic rings. The summed E-state index contributed by atoms with van der Waals surface area (Å²) in [7, 11) is 0. The van der Waals surface area contributed by atoms with Gasteiger partial charge in [-0.05, 0) is 93.2 Å². The summed E-state index contributed by atoms with van der Waals surface area (Å²) in [6.07, 6.45) is 7.43. The first-order valence-electron chi connectivity index (χ1n) is 16.7. The number of fused-ring (bicyclic) bond motifs is 1. The number of allylic oxidation sites excluding steroid dienone is 2. The van der Waals surface area contributed by atoms with Crippen molar-refractivity contribution in [3.8, 4) is 0 Å². The van der Waals surface area contributed by atoms with Crippen LogP contribution in [0.15, 0.2) is 66.8 Å². The number of para-hydroxylation sites is 1. The molecule has 2 aromatic carbocycles. The number of hydrogen-bond acceptors (Lipinski definition) is 5. The standard InChI is InChI=1S/C37H49N5O4/c1-4-7-29(12-18-38)30-13-19-40(20-14-30)35(43)34(25-28-11-10-26(2)27(3)24-28)46-37(45)41-21-16-32(17-22-41)42-23-15-31-8-5-6-9-33(31)39-36(42)44/h4-11,24,30,32,34H,1,12-23,25,38H2,2-3H3,(H,39,44)/b29-7+. The molecule has 46 heavy (non-hydrogen) atoms. The minimum absolute atomic E-state index is 0.0342. The van der Waals surface area contributed by atoms with Crippen molar-refractivity contribution in [2.24, 2.45) is 11.7 Å². The number of urea groups is 1. The first-order chi connectivity index (χ1) is 22.3. The molecule has 1 unspecified atom stereocenters. The van der Waals surface area contributed by atoms with Gasteiger partial charge in [-0.1, -0.05) is 60.7 Å². The highest BCUT2D eigenvalue weighted by atomic mass is 16.6. The van der Waals surface area contributed by atoms with E-state index in [1.807, 2.05) is 46.2 Å². The third-order valence-corrected chi connectivity index (χ3v) is 9.91. The molecule has 3 N–H and O–H groups in total. The van der Waals surface area contributed by atoms with E-state index in [0.717, 1.165) is 48.1 Å². The van der Waals surface area contributed by atoms with Gasteiger partial charge in [0.25, 0.3) is 5.91 Å². The Kier molecular flexibility index (Phi) is 11.2. The predicted octanol–water partition coefficient (Wildman–Crippen LogP) is 5.61. The first-order valence-corrected chi connectivity index (χ1v) is 16.7. The second-order valence-electron chi connectivity index (χ2n) is 12.9. The molecular formula is C37H49N5O4. The predicted molar refractivity (Wildman–Crippen MR) is 182 cm³/mol. The molecule has 246 valence electrons. The van der Waals surface area contributed by atoms with E-state index in [4.69, 9.17) is 10.5 Å². The molecule has 0 spiro atoms. The second kappa shape index (κ2) is 15.5. The van der Waals surface area contributed by atoms with Gasteiger partial charge in [0, 0.05) is 50.9 Å². The molecule has 0 saturated carbocycles. The lowest BCUT2D eigenvalue weighted by Gasteiger charge is -2.38. The van der Waals surface area contributed by atoms with E-state index < -0.39 is 12.2 Å². The Labute approximate surface area is 273 Å². The summed E-state index contributed by atoms with van der Waals surface area (Å²) < 4.78 is 6.06. The minimum atomic E-state index is -0.911. The van der Waals surface area contributed by atoms with Gasteiger partial charge in [0.1, 0.15) is 0 Å². The van der Waals surface area contributed by atoms with Crippen molar-refractivity contribution in [3.63, 3.8) is 0 Å². The van der Waals surface area contributed by atoms with E-state index >= 15 is 0 Å². The zero-order valence-electron chi connectivity index (χ0n) is 27.4. The number of carbonyl (C=O) groups excluding carboxylic acids is 3. The maximum atomic E-state index is 13.9. The normalized spacial score (nSPS) is 18.8. The number of nitrogens with two attached hydrogens (primary N) is 1. The topological polar surface area (TPSA) is 108 Å². The van der Waals surface area contributed by atoms with Crippen molar-refractivity contribution >= 4 is 23.7 Å². The molecule has 0 aromatic heterocycles. The summed E-state index contributed by atoms with van der Waals surface area (Å²) in [4.78, 5) is 46.0. The van der Waals surface area contributed by atoms with Crippen LogP contribution in [-0.4, -0.2) is 84.1 Å². The molecule has 9 nitrogen and oxygen atoms in total. The monoisotopic (exact) mass is 627 g/mol. The minimum Gasteiger partial charge on any atom is -0.436 e. The van der Waals surface area contributed by atoms with Gasteiger partial charge in [0.15, 0.2) is 6.10 Å². The molecule has 0 bridgehead atoms. The number of aryl methyl sites for hydroxylation is 2. The van der Waals surface area contributed by atoms with Crippen LogP contribution in [0, 0.1) is 19.8 Å². The molecule has 2 aromatic rings. The van der Waals surface area contributed by atoms with Crippen LogP contribution >= 0.6 is 0 Å². The summed E-state index contributed by atoms with van der Waals surface area (Å²) in [6, 6.07) is 14.0. The van der Waals surface area contributed by atoms with Crippen LogP contribution in [0.3, 0.4) is 0 Å². The smallest absolute Gasteiger partial charge is 0.410 e. The van der Waals surface area contributed by atoms with E-state index in [9.17, 15) is 14.4 Å². The molecular weight excluding hydrogens is 578 g/mol.